The molecule has 1 aromatic carbocycles. The van der Waals surface area contributed by atoms with Crippen molar-refractivity contribution in [3.05, 3.63) is 34.9 Å². The normalized spacial score (nSPS) is 24.2. The van der Waals surface area contributed by atoms with Crippen molar-refractivity contribution in [1.82, 2.24) is 5.32 Å². The average molecular weight is 263 g/mol. The summed E-state index contributed by atoms with van der Waals surface area (Å²) >= 11 is 5.86. The summed E-state index contributed by atoms with van der Waals surface area (Å²) in [6.07, 6.45) is 5.84. The minimum atomic E-state index is 0.166. The SMILES string of the molecule is N#CC1CCCCCC1NCc1ccc(Cl)cc1. The summed E-state index contributed by atoms with van der Waals surface area (Å²) in [6, 6.07) is 10.7. The second-order valence-electron chi connectivity index (χ2n) is 4.99. The second kappa shape index (κ2) is 6.78. The molecule has 3 heteroatoms. The molecular formula is C15H19ClN2. The Balaban J connectivity index is 1.91. The lowest BCUT2D eigenvalue weighted by atomic mass is 9.96. The molecule has 0 saturated heterocycles. The molecule has 0 amide bonds. The average Bonchev–Trinajstić information content (AvgIpc) is 2.63. The van der Waals surface area contributed by atoms with Gasteiger partial charge in [0.1, 0.15) is 0 Å². The Kier molecular flexibility index (Phi) is 5.04. The van der Waals surface area contributed by atoms with Crippen molar-refractivity contribution in [2.45, 2.75) is 44.7 Å². The standard InChI is InChI=1S/C15H19ClN2/c16-14-8-6-12(7-9-14)11-18-15-5-3-1-2-4-13(15)10-17/h6-9,13,15,18H,1-5,11H2. The third kappa shape index (κ3) is 3.73. The summed E-state index contributed by atoms with van der Waals surface area (Å²) in [5.74, 6) is 0.166. The van der Waals surface area contributed by atoms with Gasteiger partial charge in [-0.1, -0.05) is 43.0 Å². The summed E-state index contributed by atoms with van der Waals surface area (Å²) in [5, 5.41) is 13.5. The highest BCUT2D eigenvalue weighted by atomic mass is 35.5. The zero-order valence-electron chi connectivity index (χ0n) is 10.5. The number of halogens is 1. The number of rotatable bonds is 3. The van der Waals surface area contributed by atoms with Gasteiger partial charge >= 0.3 is 0 Å². The Bertz CT molecular complexity index is 407. The van der Waals surface area contributed by atoms with E-state index in [2.05, 4.69) is 11.4 Å². The molecule has 18 heavy (non-hydrogen) atoms. The number of benzene rings is 1. The molecule has 1 saturated carbocycles. The molecule has 2 nitrogen and oxygen atoms in total. The van der Waals surface area contributed by atoms with Crippen LogP contribution >= 0.6 is 11.6 Å². The van der Waals surface area contributed by atoms with Crippen LogP contribution in [0.5, 0.6) is 0 Å². The highest BCUT2D eigenvalue weighted by Crippen LogP contribution is 2.23. The highest BCUT2D eigenvalue weighted by molar-refractivity contribution is 6.30. The second-order valence-corrected chi connectivity index (χ2v) is 5.42. The minimum absolute atomic E-state index is 0.166. The van der Waals surface area contributed by atoms with Gasteiger partial charge in [-0.3, -0.25) is 0 Å². The molecule has 0 aromatic heterocycles. The van der Waals surface area contributed by atoms with Gasteiger partial charge < -0.3 is 5.32 Å². The maximum Gasteiger partial charge on any atom is 0.0672 e. The van der Waals surface area contributed by atoms with Gasteiger partial charge in [0, 0.05) is 17.6 Å². The quantitative estimate of drug-likeness (QED) is 0.839. The van der Waals surface area contributed by atoms with E-state index in [1.165, 1.54) is 24.8 Å². The van der Waals surface area contributed by atoms with Crippen molar-refractivity contribution in [1.29, 1.82) is 5.26 Å². The van der Waals surface area contributed by atoms with Crippen LogP contribution in [0.2, 0.25) is 5.02 Å². The Hall–Kier alpha value is -1.04. The fraction of sp³-hybridized carbons (Fsp3) is 0.533. The zero-order chi connectivity index (χ0) is 12.8. The van der Waals surface area contributed by atoms with Crippen LogP contribution in [0.4, 0.5) is 0 Å². The molecular weight excluding hydrogens is 244 g/mol. The molecule has 0 bridgehead atoms. The van der Waals surface area contributed by atoms with Gasteiger partial charge in [0.05, 0.1) is 12.0 Å². The van der Waals surface area contributed by atoms with Crippen molar-refractivity contribution in [3.63, 3.8) is 0 Å². The summed E-state index contributed by atoms with van der Waals surface area (Å²) in [4.78, 5) is 0. The van der Waals surface area contributed by atoms with Crippen molar-refractivity contribution < 1.29 is 0 Å². The van der Waals surface area contributed by atoms with Crippen molar-refractivity contribution in [3.8, 4) is 6.07 Å². The fourth-order valence-corrected chi connectivity index (χ4v) is 2.68. The van der Waals surface area contributed by atoms with Crippen LogP contribution < -0.4 is 5.32 Å². The van der Waals surface area contributed by atoms with Gasteiger partial charge in [-0.15, -0.1) is 0 Å². The highest BCUT2D eigenvalue weighted by Gasteiger charge is 2.22. The fourth-order valence-electron chi connectivity index (χ4n) is 2.56. The number of hydrogen-bond donors (Lipinski definition) is 1. The number of hydrogen-bond acceptors (Lipinski definition) is 2. The van der Waals surface area contributed by atoms with Crippen molar-refractivity contribution >= 4 is 11.6 Å². The molecule has 1 fully saturated rings. The van der Waals surface area contributed by atoms with Crippen LogP contribution in [0.25, 0.3) is 0 Å². The number of nitrogens with one attached hydrogen (secondary N) is 1. The van der Waals surface area contributed by atoms with Gasteiger partial charge in [0.15, 0.2) is 0 Å². The first-order valence-corrected chi connectivity index (χ1v) is 7.05. The largest absolute Gasteiger partial charge is 0.309 e. The summed E-state index contributed by atoms with van der Waals surface area (Å²) in [7, 11) is 0. The first-order chi connectivity index (χ1) is 8.79. The van der Waals surface area contributed by atoms with Crippen molar-refractivity contribution in [2.75, 3.05) is 0 Å². The van der Waals surface area contributed by atoms with Crippen LogP contribution in [0, 0.1) is 17.2 Å². The Morgan fingerprint density at radius 1 is 1.17 bits per heavy atom. The van der Waals surface area contributed by atoms with Crippen LogP contribution in [0.3, 0.4) is 0 Å². The van der Waals surface area contributed by atoms with E-state index in [1.807, 2.05) is 24.3 Å². The van der Waals surface area contributed by atoms with E-state index >= 15 is 0 Å². The molecule has 0 aliphatic heterocycles. The predicted octanol–water partition coefficient (Wildman–Crippen LogP) is 3.90. The van der Waals surface area contributed by atoms with Crippen LogP contribution in [-0.4, -0.2) is 6.04 Å². The molecule has 1 aliphatic carbocycles. The van der Waals surface area contributed by atoms with Gasteiger partial charge in [-0.05, 0) is 30.5 Å². The topological polar surface area (TPSA) is 35.8 Å². The molecule has 1 aromatic rings. The first-order valence-electron chi connectivity index (χ1n) is 6.67. The van der Waals surface area contributed by atoms with E-state index < -0.39 is 0 Å². The molecule has 1 aliphatic rings. The lowest BCUT2D eigenvalue weighted by Gasteiger charge is -2.21. The molecule has 96 valence electrons. The van der Waals surface area contributed by atoms with E-state index in [4.69, 9.17) is 11.6 Å². The molecule has 0 heterocycles. The van der Waals surface area contributed by atoms with Gasteiger partial charge in [-0.25, -0.2) is 0 Å². The predicted molar refractivity (Wildman–Crippen MR) is 74.3 cm³/mol. The molecule has 2 rings (SSSR count). The van der Waals surface area contributed by atoms with E-state index in [0.717, 1.165) is 24.4 Å². The minimum Gasteiger partial charge on any atom is -0.309 e. The van der Waals surface area contributed by atoms with Crippen LogP contribution in [0.1, 0.15) is 37.7 Å². The third-order valence-corrected chi connectivity index (χ3v) is 3.92. The molecule has 1 N–H and O–H groups in total. The van der Waals surface area contributed by atoms with E-state index in [1.54, 1.807) is 0 Å². The van der Waals surface area contributed by atoms with Crippen LogP contribution in [0.15, 0.2) is 24.3 Å². The maximum absolute atomic E-state index is 9.21. The van der Waals surface area contributed by atoms with E-state index in [-0.39, 0.29) is 5.92 Å². The summed E-state index contributed by atoms with van der Waals surface area (Å²) < 4.78 is 0. The zero-order valence-corrected chi connectivity index (χ0v) is 11.3. The molecule has 0 radical (unpaired) electrons. The third-order valence-electron chi connectivity index (χ3n) is 3.66. The smallest absolute Gasteiger partial charge is 0.0672 e. The lowest BCUT2D eigenvalue weighted by Crippen LogP contribution is -2.34. The Labute approximate surface area is 114 Å². The lowest BCUT2D eigenvalue weighted by molar-refractivity contribution is 0.393. The monoisotopic (exact) mass is 262 g/mol. The number of nitrogens with zero attached hydrogens (tertiary/aromatic N) is 1. The number of nitriles is 1. The van der Waals surface area contributed by atoms with Gasteiger partial charge in [0.25, 0.3) is 0 Å². The maximum atomic E-state index is 9.21. The molecule has 0 spiro atoms. The van der Waals surface area contributed by atoms with Gasteiger partial charge in [-0.2, -0.15) is 5.26 Å². The van der Waals surface area contributed by atoms with E-state index in [0.29, 0.717) is 6.04 Å². The van der Waals surface area contributed by atoms with Crippen LogP contribution in [-0.2, 0) is 6.54 Å². The van der Waals surface area contributed by atoms with Crippen molar-refractivity contribution in [2.24, 2.45) is 5.92 Å². The summed E-state index contributed by atoms with van der Waals surface area (Å²) in [6.45, 7) is 0.819. The first kappa shape index (κ1) is 13.4. The Morgan fingerprint density at radius 2 is 1.89 bits per heavy atom. The molecule has 2 unspecified atom stereocenters. The Morgan fingerprint density at radius 3 is 2.61 bits per heavy atom. The summed E-state index contributed by atoms with van der Waals surface area (Å²) in [5.41, 5.74) is 1.22. The van der Waals surface area contributed by atoms with E-state index in [9.17, 15) is 5.26 Å². The molecule has 2 atom stereocenters. The van der Waals surface area contributed by atoms with Gasteiger partial charge in [0.2, 0.25) is 0 Å².